The molecule has 7 nitrogen and oxygen atoms in total. The normalized spacial score (nSPS) is 28.6. The number of amides is 2. The molecule has 1 aromatic heterocycles. The van der Waals surface area contributed by atoms with Crippen molar-refractivity contribution in [3.05, 3.63) is 23.5 Å². The molecule has 2 aliphatic carbocycles. The summed E-state index contributed by atoms with van der Waals surface area (Å²) in [5.41, 5.74) is 1.31. The third kappa shape index (κ3) is 4.10. The van der Waals surface area contributed by atoms with Gasteiger partial charge in [0.15, 0.2) is 0 Å². The van der Waals surface area contributed by atoms with Crippen molar-refractivity contribution in [3.63, 3.8) is 0 Å². The lowest BCUT2D eigenvalue weighted by Gasteiger charge is -2.17. The number of H-pyrrole nitrogens is 1. The van der Waals surface area contributed by atoms with Gasteiger partial charge in [0, 0.05) is 62.2 Å². The van der Waals surface area contributed by atoms with E-state index in [4.69, 9.17) is 0 Å². The van der Waals surface area contributed by atoms with Gasteiger partial charge in [0.05, 0.1) is 12.0 Å². The summed E-state index contributed by atoms with van der Waals surface area (Å²) in [5, 5.41) is 6.32. The first-order valence-corrected chi connectivity index (χ1v) is 10.9. The van der Waals surface area contributed by atoms with Crippen molar-refractivity contribution in [2.75, 3.05) is 26.2 Å². The second-order valence-electron chi connectivity index (χ2n) is 9.01. The number of nitrogens with one attached hydrogen (secondary N) is 3. The van der Waals surface area contributed by atoms with Crippen LogP contribution in [0.5, 0.6) is 0 Å². The zero-order chi connectivity index (χ0) is 19.1. The average molecular weight is 386 g/mol. The molecule has 2 amide bonds. The molecule has 2 unspecified atom stereocenters. The molecule has 0 radical (unpaired) electrons. The summed E-state index contributed by atoms with van der Waals surface area (Å²) in [5.74, 6) is -0.0626. The van der Waals surface area contributed by atoms with E-state index in [0.717, 1.165) is 51.1 Å². The average Bonchev–Trinajstić information content (AvgIpc) is 3.57. The molecule has 7 heteroatoms. The maximum absolute atomic E-state index is 12.7. The highest BCUT2D eigenvalue weighted by atomic mass is 16.2. The van der Waals surface area contributed by atoms with Crippen LogP contribution in [0.25, 0.3) is 0 Å². The van der Waals surface area contributed by atoms with Crippen LogP contribution >= 0.6 is 0 Å². The summed E-state index contributed by atoms with van der Waals surface area (Å²) in [4.78, 5) is 33.3. The molecule has 0 spiro atoms. The van der Waals surface area contributed by atoms with Crippen LogP contribution in [0.1, 0.15) is 54.6 Å². The number of hydrogen-bond donors (Lipinski definition) is 3. The van der Waals surface area contributed by atoms with E-state index in [0.29, 0.717) is 11.3 Å². The molecule has 2 saturated heterocycles. The minimum absolute atomic E-state index is 0.0000724. The second-order valence-corrected chi connectivity index (χ2v) is 9.01. The van der Waals surface area contributed by atoms with Gasteiger partial charge in [0.25, 0.3) is 5.91 Å². The third-order valence-corrected chi connectivity index (χ3v) is 6.68. The molecule has 5 rings (SSSR count). The molecule has 1 aromatic rings. The van der Waals surface area contributed by atoms with Crippen molar-refractivity contribution in [1.29, 1.82) is 0 Å². The summed E-state index contributed by atoms with van der Waals surface area (Å²) in [7, 11) is 0. The standard InChI is InChI=1S/C21H31N5O2/c27-20(23-14-6-9-25(12-14)16-1-2-16)11-19-18(5-8-22-19)21(28)24-15-7-10-26(13-15)17-3-4-17/h5,8,14-17,22H,1-4,6-7,9-13H2,(H,23,27)(H,24,28). The van der Waals surface area contributed by atoms with Crippen LogP contribution < -0.4 is 10.6 Å². The summed E-state index contributed by atoms with van der Waals surface area (Å²) >= 11 is 0. The first-order valence-electron chi connectivity index (χ1n) is 10.9. The Labute approximate surface area is 166 Å². The van der Waals surface area contributed by atoms with Gasteiger partial charge in [-0.1, -0.05) is 0 Å². The quantitative estimate of drug-likeness (QED) is 0.651. The van der Waals surface area contributed by atoms with Crippen molar-refractivity contribution < 1.29 is 9.59 Å². The zero-order valence-electron chi connectivity index (χ0n) is 16.5. The Morgan fingerprint density at radius 1 is 0.929 bits per heavy atom. The van der Waals surface area contributed by atoms with E-state index in [1.54, 1.807) is 12.3 Å². The topological polar surface area (TPSA) is 80.5 Å². The molecular formula is C21H31N5O2. The van der Waals surface area contributed by atoms with Gasteiger partial charge in [-0.05, 0) is 44.6 Å². The number of likely N-dealkylation sites (tertiary alicyclic amines) is 2. The van der Waals surface area contributed by atoms with E-state index < -0.39 is 0 Å². The van der Waals surface area contributed by atoms with Crippen LogP contribution in [0.4, 0.5) is 0 Å². The van der Waals surface area contributed by atoms with E-state index in [-0.39, 0.29) is 30.3 Å². The number of rotatable bonds is 7. The molecule has 0 aromatic carbocycles. The Kier molecular flexibility index (Phi) is 4.88. The highest BCUT2D eigenvalue weighted by Crippen LogP contribution is 2.30. The zero-order valence-corrected chi connectivity index (χ0v) is 16.5. The highest BCUT2D eigenvalue weighted by Gasteiger charge is 2.36. The van der Waals surface area contributed by atoms with Gasteiger partial charge in [0.1, 0.15) is 0 Å². The van der Waals surface area contributed by atoms with Gasteiger partial charge in [-0.2, -0.15) is 0 Å². The number of hydrogen-bond acceptors (Lipinski definition) is 4. The van der Waals surface area contributed by atoms with Crippen LogP contribution in [0.15, 0.2) is 12.3 Å². The van der Waals surface area contributed by atoms with Gasteiger partial charge < -0.3 is 15.6 Å². The molecule has 3 N–H and O–H groups in total. The van der Waals surface area contributed by atoms with Crippen molar-refractivity contribution in [2.24, 2.45) is 0 Å². The number of carbonyl (C=O) groups excluding carboxylic acids is 2. The SMILES string of the molecule is O=C(Cc1[nH]ccc1C(=O)NC1CCN(C2CC2)C1)NC1CCN(C2CC2)C1. The predicted octanol–water partition coefficient (Wildman–Crippen LogP) is 0.877. The fraction of sp³-hybridized carbons (Fsp3) is 0.714. The Bertz CT molecular complexity index is 739. The van der Waals surface area contributed by atoms with E-state index in [2.05, 4.69) is 25.4 Å². The van der Waals surface area contributed by atoms with Crippen LogP contribution in [0.2, 0.25) is 0 Å². The molecule has 2 aliphatic heterocycles. The minimum atomic E-state index is -0.0625. The lowest BCUT2D eigenvalue weighted by molar-refractivity contribution is -0.121. The Morgan fingerprint density at radius 3 is 2.14 bits per heavy atom. The summed E-state index contributed by atoms with van der Waals surface area (Å²) in [6.07, 6.45) is 9.25. The fourth-order valence-corrected chi connectivity index (χ4v) is 4.82. The van der Waals surface area contributed by atoms with Gasteiger partial charge in [-0.15, -0.1) is 0 Å². The Hall–Kier alpha value is -1.86. The maximum atomic E-state index is 12.7. The summed E-state index contributed by atoms with van der Waals surface area (Å²) < 4.78 is 0. The molecule has 152 valence electrons. The highest BCUT2D eigenvalue weighted by molar-refractivity contribution is 5.97. The number of aromatic amines is 1. The fourth-order valence-electron chi connectivity index (χ4n) is 4.82. The van der Waals surface area contributed by atoms with Crippen LogP contribution in [0, 0.1) is 0 Å². The molecule has 0 bridgehead atoms. The smallest absolute Gasteiger partial charge is 0.253 e. The van der Waals surface area contributed by atoms with Crippen molar-refractivity contribution in [1.82, 2.24) is 25.4 Å². The Balaban J connectivity index is 1.12. The predicted molar refractivity (Wildman–Crippen MR) is 106 cm³/mol. The molecule has 28 heavy (non-hydrogen) atoms. The first kappa shape index (κ1) is 18.2. The summed E-state index contributed by atoms with van der Waals surface area (Å²) in [6.45, 7) is 4.09. The number of nitrogens with zero attached hydrogens (tertiary/aromatic N) is 2. The molecule has 4 fully saturated rings. The molecular weight excluding hydrogens is 354 g/mol. The van der Waals surface area contributed by atoms with E-state index in [9.17, 15) is 9.59 Å². The van der Waals surface area contributed by atoms with Gasteiger partial charge in [0.2, 0.25) is 5.91 Å². The van der Waals surface area contributed by atoms with Crippen molar-refractivity contribution in [3.8, 4) is 0 Å². The van der Waals surface area contributed by atoms with E-state index in [1.807, 2.05) is 0 Å². The molecule has 4 aliphatic rings. The lowest BCUT2D eigenvalue weighted by Crippen LogP contribution is -2.39. The maximum Gasteiger partial charge on any atom is 0.253 e. The van der Waals surface area contributed by atoms with Crippen molar-refractivity contribution >= 4 is 11.8 Å². The molecule has 2 atom stereocenters. The van der Waals surface area contributed by atoms with E-state index >= 15 is 0 Å². The van der Waals surface area contributed by atoms with Crippen LogP contribution in [-0.4, -0.2) is 76.9 Å². The van der Waals surface area contributed by atoms with Gasteiger partial charge >= 0.3 is 0 Å². The van der Waals surface area contributed by atoms with E-state index in [1.165, 1.54) is 25.7 Å². The Morgan fingerprint density at radius 2 is 1.54 bits per heavy atom. The van der Waals surface area contributed by atoms with Crippen molar-refractivity contribution in [2.45, 2.75) is 69.1 Å². The number of aromatic nitrogens is 1. The van der Waals surface area contributed by atoms with Crippen LogP contribution in [0.3, 0.4) is 0 Å². The van der Waals surface area contributed by atoms with Crippen LogP contribution in [-0.2, 0) is 11.2 Å². The first-order chi connectivity index (χ1) is 13.7. The third-order valence-electron chi connectivity index (χ3n) is 6.68. The summed E-state index contributed by atoms with van der Waals surface area (Å²) in [6, 6.07) is 3.76. The molecule has 2 saturated carbocycles. The number of carbonyl (C=O) groups is 2. The largest absolute Gasteiger partial charge is 0.364 e. The second kappa shape index (κ2) is 7.52. The van der Waals surface area contributed by atoms with Gasteiger partial charge in [-0.3, -0.25) is 19.4 Å². The monoisotopic (exact) mass is 385 g/mol. The van der Waals surface area contributed by atoms with Gasteiger partial charge in [-0.25, -0.2) is 0 Å². The lowest BCUT2D eigenvalue weighted by atomic mass is 10.1. The minimum Gasteiger partial charge on any atom is -0.364 e. The molecule has 3 heterocycles.